The molecule has 0 saturated heterocycles. The standard InChI is InChI=1S/C20H30N2/c1-16(22(4)5)10-12-18-8-6-7-9-20(18)19-13-11-17(14-19)15-21(2)3/h6-9,11,13-14,16,19H,10,12,15H2,1-5H3. The van der Waals surface area contributed by atoms with Crippen molar-refractivity contribution in [3.8, 4) is 0 Å². The monoisotopic (exact) mass is 298 g/mol. The summed E-state index contributed by atoms with van der Waals surface area (Å²) in [7, 11) is 8.57. The van der Waals surface area contributed by atoms with Gasteiger partial charge in [0, 0.05) is 18.5 Å². The smallest absolute Gasteiger partial charge is 0.0224 e. The Kier molecular flexibility index (Phi) is 5.98. The largest absolute Gasteiger partial charge is 0.307 e. The van der Waals surface area contributed by atoms with Crippen LogP contribution < -0.4 is 0 Å². The highest BCUT2D eigenvalue weighted by atomic mass is 15.1. The zero-order valence-corrected chi connectivity index (χ0v) is 14.7. The third-order valence-electron chi connectivity index (χ3n) is 4.54. The van der Waals surface area contributed by atoms with Crippen molar-refractivity contribution in [2.75, 3.05) is 34.7 Å². The van der Waals surface area contributed by atoms with E-state index in [-0.39, 0.29) is 0 Å². The van der Waals surface area contributed by atoms with Crippen molar-refractivity contribution < 1.29 is 0 Å². The molecule has 0 radical (unpaired) electrons. The van der Waals surface area contributed by atoms with Gasteiger partial charge in [0.25, 0.3) is 0 Å². The number of hydrogen-bond acceptors (Lipinski definition) is 2. The molecule has 0 amide bonds. The van der Waals surface area contributed by atoms with Gasteiger partial charge in [-0.25, -0.2) is 0 Å². The SMILES string of the molecule is CC(CCc1ccccc1C1C=CC(CN(C)C)=C1)N(C)C. The molecule has 0 fully saturated rings. The van der Waals surface area contributed by atoms with Gasteiger partial charge in [0.1, 0.15) is 0 Å². The van der Waals surface area contributed by atoms with Crippen LogP contribution in [0.2, 0.25) is 0 Å². The van der Waals surface area contributed by atoms with Gasteiger partial charge in [-0.2, -0.15) is 0 Å². The molecule has 2 nitrogen and oxygen atoms in total. The molecule has 0 saturated carbocycles. The minimum atomic E-state index is 0.445. The highest BCUT2D eigenvalue weighted by molar-refractivity contribution is 5.43. The van der Waals surface area contributed by atoms with Crippen LogP contribution in [0.1, 0.15) is 30.4 Å². The number of likely N-dealkylation sites (N-methyl/N-ethyl adjacent to an activating group) is 1. The fourth-order valence-corrected chi connectivity index (χ4v) is 2.94. The summed E-state index contributed by atoms with van der Waals surface area (Å²) in [6.07, 6.45) is 9.39. The van der Waals surface area contributed by atoms with Crippen LogP contribution in [0, 0.1) is 0 Å². The Bertz CT molecular complexity index is 540. The Morgan fingerprint density at radius 3 is 2.50 bits per heavy atom. The van der Waals surface area contributed by atoms with Crippen molar-refractivity contribution >= 4 is 0 Å². The van der Waals surface area contributed by atoms with Gasteiger partial charge in [0.15, 0.2) is 0 Å². The first kappa shape index (κ1) is 17.0. The molecule has 22 heavy (non-hydrogen) atoms. The average Bonchev–Trinajstić information content (AvgIpc) is 2.92. The first-order valence-electron chi connectivity index (χ1n) is 8.25. The summed E-state index contributed by atoms with van der Waals surface area (Å²) >= 11 is 0. The Hall–Kier alpha value is -1.38. The number of allylic oxidation sites excluding steroid dienone is 2. The summed E-state index contributed by atoms with van der Waals surface area (Å²) in [5.74, 6) is 0.445. The molecule has 0 heterocycles. The topological polar surface area (TPSA) is 6.48 Å². The summed E-state index contributed by atoms with van der Waals surface area (Å²) in [6.45, 7) is 3.32. The van der Waals surface area contributed by atoms with Gasteiger partial charge in [-0.15, -0.1) is 0 Å². The van der Waals surface area contributed by atoms with Gasteiger partial charge in [-0.05, 0) is 64.7 Å². The normalized spacial score (nSPS) is 19.0. The van der Waals surface area contributed by atoms with Crippen molar-refractivity contribution in [3.63, 3.8) is 0 Å². The van der Waals surface area contributed by atoms with E-state index in [1.807, 2.05) is 0 Å². The highest BCUT2D eigenvalue weighted by Crippen LogP contribution is 2.30. The molecule has 2 unspecified atom stereocenters. The number of benzene rings is 1. The summed E-state index contributed by atoms with van der Waals surface area (Å²) in [5, 5.41) is 0. The van der Waals surface area contributed by atoms with Gasteiger partial charge in [-0.1, -0.05) is 42.5 Å². The third kappa shape index (κ3) is 4.56. The van der Waals surface area contributed by atoms with E-state index in [1.165, 1.54) is 23.1 Å². The van der Waals surface area contributed by atoms with Crippen molar-refractivity contribution in [3.05, 3.63) is 59.2 Å². The predicted molar refractivity (Wildman–Crippen MR) is 96.4 cm³/mol. The zero-order valence-electron chi connectivity index (χ0n) is 14.7. The molecule has 1 aliphatic carbocycles. The minimum Gasteiger partial charge on any atom is -0.307 e. The lowest BCUT2D eigenvalue weighted by Gasteiger charge is -2.21. The van der Waals surface area contributed by atoms with Crippen LogP contribution in [0.25, 0.3) is 0 Å². The Morgan fingerprint density at radius 1 is 1.09 bits per heavy atom. The molecular formula is C20H30N2. The van der Waals surface area contributed by atoms with E-state index in [0.29, 0.717) is 12.0 Å². The minimum absolute atomic E-state index is 0.445. The quantitative estimate of drug-likeness (QED) is 0.757. The van der Waals surface area contributed by atoms with Crippen LogP contribution in [0.3, 0.4) is 0 Å². The predicted octanol–water partition coefficient (Wildman–Crippen LogP) is 3.71. The molecule has 2 rings (SSSR count). The molecule has 1 aromatic rings. The molecular weight excluding hydrogens is 268 g/mol. The Labute approximate surface area is 136 Å². The molecule has 120 valence electrons. The maximum atomic E-state index is 2.41. The molecule has 1 aliphatic rings. The number of hydrogen-bond donors (Lipinski definition) is 0. The zero-order chi connectivity index (χ0) is 16.1. The molecule has 0 aromatic heterocycles. The molecule has 0 spiro atoms. The molecule has 1 aromatic carbocycles. The molecule has 0 aliphatic heterocycles. The van der Waals surface area contributed by atoms with Gasteiger partial charge >= 0.3 is 0 Å². The summed E-state index contributed by atoms with van der Waals surface area (Å²) < 4.78 is 0. The van der Waals surface area contributed by atoms with E-state index in [1.54, 1.807) is 0 Å². The van der Waals surface area contributed by atoms with Crippen LogP contribution in [0.4, 0.5) is 0 Å². The maximum absolute atomic E-state index is 2.41. The first-order chi connectivity index (χ1) is 10.5. The maximum Gasteiger partial charge on any atom is 0.0224 e. The second kappa shape index (κ2) is 7.75. The van der Waals surface area contributed by atoms with Gasteiger partial charge in [0.2, 0.25) is 0 Å². The number of rotatable bonds is 7. The third-order valence-corrected chi connectivity index (χ3v) is 4.54. The number of aryl methyl sites for hydroxylation is 1. The fourth-order valence-electron chi connectivity index (χ4n) is 2.94. The van der Waals surface area contributed by atoms with E-state index in [2.05, 4.69) is 87.4 Å². The molecule has 2 heteroatoms. The van der Waals surface area contributed by atoms with Gasteiger partial charge in [0.05, 0.1) is 0 Å². The molecule has 2 atom stereocenters. The highest BCUT2D eigenvalue weighted by Gasteiger charge is 2.16. The summed E-state index contributed by atoms with van der Waals surface area (Å²) in [5.41, 5.74) is 4.39. The van der Waals surface area contributed by atoms with E-state index in [4.69, 9.17) is 0 Å². The van der Waals surface area contributed by atoms with Crippen molar-refractivity contribution in [2.24, 2.45) is 0 Å². The van der Waals surface area contributed by atoms with E-state index in [0.717, 1.165) is 13.0 Å². The van der Waals surface area contributed by atoms with Crippen molar-refractivity contribution in [2.45, 2.75) is 31.7 Å². The van der Waals surface area contributed by atoms with Crippen LogP contribution in [-0.4, -0.2) is 50.6 Å². The lowest BCUT2D eigenvalue weighted by Crippen LogP contribution is -2.25. The number of nitrogens with zero attached hydrogens (tertiary/aromatic N) is 2. The van der Waals surface area contributed by atoms with E-state index >= 15 is 0 Å². The summed E-state index contributed by atoms with van der Waals surface area (Å²) in [4.78, 5) is 4.52. The van der Waals surface area contributed by atoms with E-state index in [9.17, 15) is 0 Å². The van der Waals surface area contributed by atoms with Gasteiger partial charge in [-0.3, -0.25) is 0 Å². The summed E-state index contributed by atoms with van der Waals surface area (Å²) in [6, 6.07) is 9.54. The molecule has 0 N–H and O–H groups in total. The average molecular weight is 298 g/mol. The lowest BCUT2D eigenvalue weighted by atomic mass is 9.92. The lowest BCUT2D eigenvalue weighted by molar-refractivity contribution is 0.299. The Balaban J connectivity index is 2.09. The second-order valence-corrected chi connectivity index (χ2v) is 6.91. The van der Waals surface area contributed by atoms with Crippen molar-refractivity contribution in [1.29, 1.82) is 0 Å². The fraction of sp³-hybridized carbons (Fsp3) is 0.500. The van der Waals surface area contributed by atoms with Crippen LogP contribution in [0.15, 0.2) is 48.1 Å². The van der Waals surface area contributed by atoms with E-state index < -0.39 is 0 Å². The van der Waals surface area contributed by atoms with Gasteiger partial charge < -0.3 is 9.80 Å². The van der Waals surface area contributed by atoms with Crippen LogP contribution in [0.5, 0.6) is 0 Å². The Morgan fingerprint density at radius 2 is 1.82 bits per heavy atom. The first-order valence-corrected chi connectivity index (χ1v) is 8.25. The van der Waals surface area contributed by atoms with Crippen LogP contribution in [-0.2, 0) is 6.42 Å². The van der Waals surface area contributed by atoms with Crippen molar-refractivity contribution in [1.82, 2.24) is 9.80 Å². The second-order valence-electron chi connectivity index (χ2n) is 6.91. The van der Waals surface area contributed by atoms with Crippen LogP contribution >= 0.6 is 0 Å². The molecule has 0 bridgehead atoms.